The molecule has 1 N–H and O–H groups in total. The van der Waals surface area contributed by atoms with Crippen LogP contribution >= 0.6 is 11.8 Å². The third-order valence-electron chi connectivity index (χ3n) is 4.39. The minimum absolute atomic E-state index is 0.614. The van der Waals surface area contributed by atoms with Gasteiger partial charge in [0, 0.05) is 11.3 Å². The molecular weight excluding hydrogens is 274 g/mol. The SMILES string of the molecule is CCCNC(Cc1cccc2ccccc12)C1CCCS1. The third-order valence-corrected chi connectivity index (χ3v) is 5.91. The summed E-state index contributed by atoms with van der Waals surface area (Å²) in [5, 5.41) is 7.38. The van der Waals surface area contributed by atoms with Crippen LogP contribution < -0.4 is 5.32 Å². The summed E-state index contributed by atoms with van der Waals surface area (Å²) in [7, 11) is 0. The van der Waals surface area contributed by atoms with Crippen molar-refractivity contribution in [1.82, 2.24) is 5.32 Å². The van der Waals surface area contributed by atoms with E-state index in [-0.39, 0.29) is 0 Å². The highest BCUT2D eigenvalue weighted by atomic mass is 32.2. The summed E-state index contributed by atoms with van der Waals surface area (Å²) in [6.45, 7) is 3.39. The van der Waals surface area contributed by atoms with Gasteiger partial charge in [0.25, 0.3) is 0 Å². The second-order valence-corrected chi connectivity index (χ2v) is 7.30. The van der Waals surface area contributed by atoms with Crippen LogP contribution in [0.3, 0.4) is 0 Å². The molecule has 2 atom stereocenters. The van der Waals surface area contributed by atoms with E-state index in [1.54, 1.807) is 0 Å². The second-order valence-electron chi connectivity index (χ2n) is 5.95. The average Bonchev–Trinajstić information content (AvgIpc) is 3.06. The molecule has 0 bridgehead atoms. The fourth-order valence-electron chi connectivity index (χ4n) is 3.29. The summed E-state index contributed by atoms with van der Waals surface area (Å²) in [6, 6.07) is 16.1. The monoisotopic (exact) mass is 299 g/mol. The highest BCUT2D eigenvalue weighted by molar-refractivity contribution is 8.00. The van der Waals surface area contributed by atoms with Gasteiger partial charge in [0.05, 0.1) is 0 Å². The Morgan fingerprint density at radius 1 is 1.19 bits per heavy atom. The Hall–Kier alpha value is -0.990. The van der Waals surface area contributed by atoms with Crippen LogP contribution in [0.2, 0.25) is 0 Å². The van der Waals surface area contributed by atoms with Crippen molar-refractivity contribution in [1.29, 1.82) is 0 Å². The smallest absolute Gasteiger partial charge is 0.0227 e. The molecule has 2 heteroatoms. The lowest BCUT2D eigenvalue weighted by atomic mass is 9.96. The molecule has 1 saturated heterocycles. The van der Waals surface area contributed by atoms with Gasteiger partial charge in [-0.15, -0.1) is 0 Å². The summed E-state index contributed by atoms with van der Waals surface area (Å²) in [4.78, 5) is 0. The van der Waals surface area contributed by atoms with Crippen LogP contribution in [-0.4, -0.2) is 23.6 Å². The highest BCUT2D eigenvalue weighted by Gasteiger charge is 2.25. The fourth-order valence-corrected chi connectivity index (χ4v) is 4.69. The topological polar surface area (TPSA) is 12.0 Å². The molecular formula is C19H25NS. The van der Waals surface area contributed by atoms with Crippen molar-refractivity contribution in [3.05, 3.63) is 48.0 Å². The van der Waals surface area contributed by atoms with E-state index >= 15 is 0 Å². The number of thioether (sulfide) groups is 1. The second kappa shape index (κ2) is 7.33. The van der Waals surface area contributed by atoms with Gasteiger partial charge in [-0.2, -0.15) is 11.8 Å². The van der Waals surface area contributed by atoms with Gasteiger partial charge in [0.15, 0.2) is 0 Å². The van der Waals surface area contributed by atoms with Crippen LogP contribution in [0.4, 0.5) is 0 Å². The Morgan fingerprint density at radius 3 is 2.86 bits per heavy atom. The van der Waals surface area contributed by atoms with Crippen molar-refractivity contribution < 1.29 is 0 Å². The Morgan fingerprint density at radius 2 is 2.05 bits per heavy atom. The summed E-state index contributed by atoms with van der Waals surface area (Å²) in [6.07, 6.45) is 5.12. The molecule has 0 aliphatic carbocycles. The first-order valence-electron chi connectivity index (χ1n) is 8.20. The number of hydrogen-bond acceptors (Lipinski definition) is 2. The Bertz CT molecular complexity index is 569. The summed E-state index contributed by atoms with van der Waals surface area (Å²) in [5.41, 5.74) is 1.49. The van der Waals surface area contributed by atoms with E-state index in [0.717, 1.165) is 18.2 Å². The van der Waals surface area contributed by atoms with E-state index in [1.165, 1.54) is 41.4 Å². The molecule has 2 aromatic rings. The molecule has 0 aromatic heterocycles. The van der Waals surface area contributed by atoms with Crippen LogP contribution in [0.15, 0.2) is 42.5 Å². The first-order valence-corrected chi connectivity index (χ1v) is 9.25. The molecule has 21 heavy (non-hydrogen) atoms. The first-order chi connectivity index (χ1) is 10.4. The van der Waals surface area contributed by atoms with Crippen molar-refractivity contribution in [3.63, 3.8) is 0 Å². The molecule has 0 radical (unpaired) electrons. The summed E-state index contributed by atoms with van der Waals surface area (Å²) < 4.78 is 0. The zero-order valence-corrected chi connectivity index (χ0v) is 13.7. The predicted octanol–water partition coefficient (Wildman–Crippen LogP) is 4.65. The van der Waals surface area contributed by atoms with Crippen molar-refractivity contribution in [2.45, 2.75) is 43.9 Å². The van der Waals surface area contributed by atoms with E-state index in [2.05, 4.69) is 66.5 Å². The van der Waals surface area contributed by atoms with Crippen LogP contribution in [0.25, 0.3) is 10.8 Å². The normalized spacial score (nSPS) is 20.0. The molecule has 0 amide bonds. The summed E-state index contributed by atoms with van der Waals surface area (Å²) >= 11 is 2.16. The molecule has 1 heterocycles. The van der Waals surface area contributed by atoms with Gasteiger partial charge in [-0.25, -0.2) is 0 Å². The van der Waals surface area contributed by atoms with E-state index < -0.39 is 0 Å². The van der Waals surface area contributed by atoms with Crippen LogP contribution in [0.1, 0.15) is 31.7 Å². The van der Waals surface area contributed by atoms with E-state index in [0.29, 0.717) is 6.04 Å². The number of fused-ring (bicyclic) bond motifs is 1. The van der Waals surface area contributed by atoms with Gasteiger partial charge >= 0.3 is 0 Å². The molecule has 1 aliphatic heterocycles. The standard InChI is InChI=1S/C19H25NS/c1-2-12-20-18(19-11-6-13-21-19)14-16-9-5-8-15-7-3-4-10-17(15)16/h3-5,7-10,18-20H,2,6,11-14H2,1H3. The van der Waals surface area contributed by atoms with Gasteiger partial charge in [-0.05, 0) is 54.3 Å². The largest absolute Gasteiger partial charge is 0.313 e. The highest BCUT2D eigenvalue weighted by Crippen LogP contribution is 2.31. The van der Waals surface area contributed by atoms with Gasteiger partial charge in [0.1, 0.15) is 0 Å². The number of nitrogens with one attached hydrogen (secondary N) is 1. The van der Waals surface area contributed by atoms with Crippen LogP contribution in [0.5, 0.6) is 0 Å². The Balaban J connectivity index is 1.82. The van der Waals surface area contributed by atoms with E-state index in [1.807, 2.05) is 0 Å². The van der Waals surface area contributed by atoms with Crippen molar-refractivity contribution in [2.75, 3.05) is 12.3 Å². The summed E-state index contributed by atoms with van der Waals surface area (Å²) in [5.74, 6) is 1.34. The van der Waals surface area contributed by atoms with Crippen molar-refractivity contribution >= 4 is 22.5 Å². The predicted molar refractivity (Wildman–Crippen MR) is 95.2 cm³/mol. The molecule has 0 spiro atoms. The lowest BCUT2D eigenvalue weighted by Crippen LogP contribution is -2.39. The van der Waals surface area contributed by atoms with Gasteiger partial charge in [0.2, 0.25) is 0 Å². The molecule has 1 nitrogen and oxygen atoms in total. The fraction of sp³-hybridized carbons (Fsp3) is 0.474. The first kappa shape index (κ1) is 14.9. The third kappa shape index (κ3) is 3.61. The molecule has 2 unspecified atom stereocenters. The maximum Gasteiger partial charge on any atom is 0.0227 e. The van der Waals surface area contributed by atoms with Crippen molar-refractivity contribution in [2.24, 2.45) is 0 Å². The average molecular weight is 299 g/mol. The number of hydrogen-bond donors (Lipinski definition) is 1. The van der Waals surface area contributed by atoms with Gasteiger partial charge in [-0.1, -0.05) is 49.4 Å². The maximum atomic E-state index is 3.80. The maximum absolute atomic E-state index is 3.80. The zero-order chi connectivity index (χ0) is 14.5. The van der Waals surface area contributed by atoms with Crippen LogP contribution in [0, 0.1) is 0 Å². The van der Waals surface area contributed by atoms with E-state index in [4.69, 9.17) is 0 Å². The Labute approximate surface area is 132 Å². The molecule has 112 valence electrons. The minimum Gasteiger partial charge on any atom is -0.313 e. The Kier molecular flexibility index (Phi) is 5.21. The minimum atomic E-state index is 0.614. The molecule has 1 fully saturated rings. The molecule has 2 aromatic carbocycles. The number of rotatable bonds is 6. The molecule has 3 rings (SSSR count). The van der Waals surface area contributed by atoms with Gasteiger partial charge in [-0.3, -0.25) is 0 Å². The molecule has 0 saturated carbocycles. The number of benzene rings is 2. The zero-order valence-electron chi connectivity index (χ0n) is 12.8. The van der Waals surface area contributed by atoms with Crippen molar-refractivity contribution in [3.8, 4) is 0 Å². The quantitative estimate of drug-likeness (QED) is 0.833. The van der Waals surface area contributed by atoms with Gasteiger partial charge < -0.3 is 5.32 Å². The van der Waals surface area contributed by atoms with E-state index in [9.17, 15) is 0 Å². The molecule has 1 aliphatic rings. The van der Waals surface area contributed by atoms with Crippen LogP contribution in [-0.2, 0) is 6.42 Å². The lowest BCUT2D eigenvalue weighted by Gasteiger charge is -2.25. The lowest BCUT2D eigenvalue weighted by molar-refractivity contribution is 0.483.